The largest absolute Gasteiger partial charge is 0.472 e. The van der Waals surface area contributed by atoms with E-state index in [1.807, 2.05) is 13.0 Å². The number of carbonyl (C=O) groups excluding carboxylic acids is 2. The number of benzene rings is 1. The highest BCUT2D eigenvalue weighted by atomic mass is 16.5. The molecule has 0 fully saturated rings. The normalized spacial score (nSPS) is 10.2. The first kappa shape index (κ1) is 17.6. The van der Waals surface area contributed by atoms with Crippen molar-refractivity contribution in [2.75, 3.05) is 30.9 Å². The molecule has 2 N–H and O–H groups in total. The minimum Gasteiger partial charge on any atom is -0.472 e. The molecule has 0 saturated heterocycles. The van der Waals surface area contributed by atoms with Crippen LogP contribution >= 0.6 is 0 Å². The number of furan rings is 1. The maximum Gasteiger partial charge on any atom is 0.322 e. The van der Waals surface area contributed by atoms with Gasteiger partial charge in [0.2, 0.25) is 5.91 Å². The molecule has 0 atom stereocenters. The maximum absolute atomic E-state index is 12.3. The molecule has 7 heteroatoms. The summed E-state index contributed by atoms with van der Waals surface area (Å²) in [6.07, 6.45) is 3.20. The van der Waals surface area contributed by atoms with Gasteiger partial charge in [-0.2, -0.15) is 0 Å². The second-order valence-corrected chi connectivity index (χ2v) is 5.13. The van der Waals surface area contributed by atoms with E-state index in [0.717, 1.165) is 5.56 Å². The SMILES string of the molecule is CCN(Cc1ccoc1)C(=O)Nc1ccc(NC(=O)COC)cc1. The molecule has 7 nitrogen and oxygen atoms in total. The molecule has 2 rings (SSSR count). The molecular formula is C17H21N3O4. The molecule has 128 valence electrons. The molecule has 1 aromatic carbocycles. The summed E-state index contributed by atoms with van der Waals surface area (Å²) in [7, 11) is 1.46. The zero-order chi connectivity index (χ0) is 17.4. The Morgan fingerprint density at radius 2 is 1.79 bits per heavy atom. The number of ether oxygens (including phenoxy) is 1. The van der Waals surface area contributed by atoms with Crippen molar-refractivity contribution < 1.29 is 18.7 Å². The summed E-state index contributed by atoms with van der Waals surface area (Å²) >= 11 is 0. The molecule has 0 bridgehead atoms. The van der Waals surface area contributed by atoms with Crippen molar-refractivity contribution in [3.63, 3.8) is 0 Å². The summed E-state index contributed by atoms with van der Waals surface area (Å²) in [6.45, 7) is 2.96. The van der Waals surface area contributed by atoms with E-state index in [-0.39, 0.29) is 18.5 Å². The van der Waals surface area contributed by atoms with Crippen LogP contribution in [0.4, 0.5) is 16.2 Å². The number of urea groups is 1. The second-order valence-electron chi connectivity index (χ2n) is 5.13. The smallest absolute Gasteiger partial charge is 0.322 e. The number of methoxy groups -OCH3 is 1. The fourth-order valence-corrected chi connectivity index (χ4v) is 2.10. The van der Waals surface area contributed by atoms with Crippen LogP contribution < -0.4 is 10.6 Å². The fraction of sp³-hybridized carbons (Fsp3) is 0.294. The number of carbonyl (C=O) groups is 2. The van der Waals surface area contributed by atoms with Gasteiger partial charge in [0, 0.05) is 30.6 Å². The Hall–Kier alpha value is -2.80. The number of nitrogens with zero attached hydrogens (tertiary/aromatic N) is 1. The van der Waals surface area contributed by atoms with E-state index in [9.17, 15) is 9.59 Å². The lowest BCUT2D eigenvalue weighted by molar-refractivity contribution is -0.119. The molecule has 0 aliphatic heterocycles. The molecule has 0 radical (unpaired) electrons. The molecule has 3 amide bonds. The van der Waals surface area contributed by atoms with Crippen LogP contribution in [0.2, 0.25) is 0 Å². The standard InChI is InChI=1S/C17H21N3O4/c1-3-20(10-13-8-9-24-11-13)17(22)19-15-6-4-14(5-7-15)18-16(21)12-23-2/h4-9,11H,3,10,12H2,1-2H3,(H,18,21)(H,19,22). The summed E-state index contributed by atoms with van der Waals surface area (Å²) in [6, 6.07) is 8.52. The van der Waals surface area contributed by atoms with Gasteiger partial charge in [0.25, 0.3) is 0 Å². The first-order valence-corrected chi connectivity index (χ1v) is 7.58. The summed E-state index contributed by atoms with van der Waals surface area (Å²) in [5.74, 6) is -0.230. The lowest BCUT2D eigenvalue weighted by atomic mass is 10.2. The van der Waals surface area contributed by atoms with Crippen molar-refractivity contribution in [2.24, 2.45) is 0 Å². The Balaban J connectivity index is 1.91. The van der Waals surface area contributed by atoms with E-state index >= 15 is 0 Å². The van der Waals surface area contributed by atoms with Crippen molar-refractivity contribution in [2.45, 2.75) is 13.5 Å². The van der Waals surface area contributed by atoms with Crippen LogP contribution in [0.25, 0.3) is 0 Å². The number of rotatable bonds is 7. The number of anilines is 2. The fourth-order valence-electron chi connectivity index (χ4n) is 2.10. The number of hydrogen-bond donors (Lipinski definition) is 2. The van der Waals surface area contributed by atoms with Gasteiger partial charge in [-0.25, -0.2) is 4.79 Å². The number of nitrogens with one attached hydrogen (secondary N) is 2. The zero-order valence-corrected chi connectivity index (χ0v) is 13.7. The van der Waals surface area contributed by atoms with E-state index in [4.69, 9.17) is 9.15 Å². The van der Waals surface area contributed by atoms with Crippen molar-refractivity contribution in [3.8, 4) is 0 Å². The van der Waals surface area contributed by atoms with Gasteiger partial charge in [-0.15, -0.1) is 0 Å². The van der Waals surface area contributed by atoms with Crippen LogP contribution in [0.5, 0.6) is 0 Å². The second kappa shape index (κ2) is 8.73. The third-order valence-electron chi connectivity index (χ3n) is 3.32. The third-order valence-corrected chi connectivity index (χ3v) is 3.32. The van der Waals surface area contributed by atoms with Crippen LogP contribution in [0, 0.1) is 0 Å². The lowest BCUT2D eigenvalue weighted by Gasteiger charge is -2.20. The van der Waals surface area contributed by atoms with Crippen LogP contribution in [-0.4, -0.2) is 37.1 Å². The molecule has 1 heterocycles. The number of hydrogen-bond acceptors (Lipinski definition) is 4. The molecule has 2 aromatic rings. The van der Waals surface area contributed by atoms with Crippen molar-refractivity contribution in [1.82, 2.24) is 4.90 Å². The van der Waals surface area contributed by atoms with Crippen LogP contribution in [-0.2, 0) is 16.1 Å². The topological polar surface area (TPSA) is 83.8 Å². The van der Waals surface area contributed by atoms with Gasteiger partial charge < -0.3 is 24.7 Å². The predicted molar refractivity (Wildman–Crippen MR) is 90.8 cm³/mol. The van der Waals surface area contributed by atoms with Gasteiger partial charge in [-0.1, -0.05) is 0 Å². The summed E-state index contributed by atoms with van der Waals surface area (Å²) < 4.78 is 9.77. The molecule has 0 aliphatic rings. The van der Waals surface area contributed by atoms with E-state index < -0.39 is 0 Å². The Morgan fingerprint density at radius 1 is 1.12 bits per heavy atom. The monoisotopic (exact) mass is 331 g/mol. The first-order chi connectivity index (χ1) is 11.6. The van der Waals surface area contributed by atoms with E-state index in [0.29, 0.717) is 24.5 Å². The quantitative estimate of drug-likeness (QED) is 0.817. The Morgan fingerprint density at radius 3 is 2.33 bits per heavy atom. The van der Waals surface area contributed by atoms with Gasteiger partial charge in [0.1, 0.15) is 6.61 Å². The van der Waals surface area contributed by atoms with Crippen molar-refractivity contribution >= 4 is 23.3 Å². The predicted octanol–water partition coefficient (Wildman–Crippen LogP) is 2.92. The number of amides is 3. The Kier molecular flexibility index (Phi) is 6.39. The summed E-state index contributed by atoms with van der Waals surface area (Å²) in [4.78, 5) is 25.4. The molecule has 1 aromatic heterocycles. The maximum atomic E-state index is 12.3. The van der Waals surface area contributed by atoms with Gasteiger partial charge in [0.15, 0.2) is 0 Å². The van der Waals surface area contributed by atoms with Crippen LogP contribution in [0.3, 0.4) is 0 Å². The molecule has 0 unspecified atom stereocenters. The van der Waals surface area contributed by atoms with Crippen LogP contribution in [0.15, 0.2) is 47.3 Å². The molecule has 0 aliphatic carbocycles. The highest BCUT2D eigenvalue weighted by Gasteiger charge is 2.13. The van der Waals surface area contributed by atoms with Gasteiger partial charge in [0.05, 0.1) is 19.1 Å². The van der Waals surface area contributed by atoms with Crippen molar-refractivity contribution in [1.29, 1.82) is 0 Å². The van der Waals surface area contributed by atoms with Gasteiger partial charge in [-0.3, -0.25) is 4.79 Å². The molecular weight excluding hydrogens is 310 g/mol. The van der Waals surface area contributed by atoms with Gasteiger partial charge in [-0.05, 0) is 37.3 Å². The highest BCUT2D eigenvalue weighted by Crippen LogP contribution is 2.15. The minimum atomic E-state index is -0.230. The zero-order valence-electron chi connectivity index (χ0n) is 13.7. The lowest BCUT2D eigenvalue weighted by Crippen LogP contribution is -2.34. The first-order valence-electron chi connectivity index (χ1n) is 7.58. The Labute approximate surface area is 140 Å². The van der Waals surface area contributed by atoms with Crippen molar-refractivity contribution in [3.05, 3.63) is 48.4 Å². The third kappa shape index (κ3) is 5.13. The Bertz CT molecular complexity index is 653. The van der Waals surface area contributed by atoms with Crippen LogP contribution in [0.1, 0.15) is 12.5 Å². The average Bonchev–Trinajstić information content (AvgIpc) is 3.07. The minimum absolute atomic E-state index is 0.00202. The van der Waals surface area contributed by atoms with E-state index in [1.54, 1.807) is 41.7 Å². The van der Waals surface area contributed by atoms with E-state index in [2.05, 4.69) is 10.6 Å². The summed E-state index contributed by atoms with van der Waals surface area (Å²) in [5, 5.41) is 5.52. The summed E-state index contributed by atoms with van der Waals surface area (Å²) in [5.41, 5.74) is 2.22. The average molecular weight is 331 g/mol. The van der Waals surface area contributed by atoms with E-state index in [1.165, 1.54) is 7.11 Å². The molecule has 0 saturated carbocycles. The molecule has 24 heavy (non-hydrogen) atoms. The highest BCUT2D eigenvalue weighted by molar-refractivity contribution is 5.93. The van der Waals surface area contributed by atoms with Gasteiger partial charge >= 0.3 is 6.03 Å². The molecule has 0 spiro atoms.